The summed E-state index contributed by atoms with van der Waals surface area (Å²) < 4.78 is 10.6. The van der Waals surface area contributed by atoms with Crippen LogP contribution in [0.25, 0.3) is 11.4 Å². The zero-order valence-electron chi connectivity index (χ0n) is 17.8. The summed E-state index contributed by atoms with van der Waals surface area (Å²) in [6.07, 6.45) is 10.5. The molecule has 1 aromatic heterocycles. The third-order valence-electron chi connectivity index (χ3n) is 4.83. The molecule has 0 saturated heterocycles. The lowest BCUT2D eigenvalue weighted by atomic mass is 10.2. The summed E-state index contributed by atoms with van der Waals surface area (Å²) in [4.78, 5) is 9.18. The maximum atomic E-state index is 5.38. The van der Waals surface area contributed by atoms with Crippen molar-refractivity contribution in [1.29, 1.82) is 0 Å². The number of methoxy groups -OCH3 is 1. The third-order valence-corrected chi connectivity index (χ3v) is 4.83. The number of guanidine groups is 1. The van der Waals surface area contributed by atoms with E-state index in [-0.39, 0.29) is 24.0 Å². The lowest BCUT2D eigenvalue weighted by molar-refractivity contribution is 0.374. The Morgan fingerprint density at radius 3 is 2.63 bits per heavy atom. The maximum Gasteiger partial charge on any atom is 0.226 e. The molecule has 30 heavy (non-hydrogen) atoms. The first-order valence-corrected chi connectivity index (χ1v) is 10.5. The molecule has 164 valence electrons. The van der Waals surface area contributed by atoms with Gasteiger partial charge in [0.25, 0.3) is 0 Å². The predicted molar refractivity (Wildman–Crippen MR) is 131 cm³/mol. The Morgan fingerprint density at radius 1 is 1.17 bits per heavy atom. The van der Waals surface area contributed by atoms with Gasteiger partial charge < -0.3 is 19.9 Å². The molecule has 3 rings (SSSR count). The van der Waals surface area contributed by atoms with Gasteiger partial charge in [0.05, 0.1) is 7.11 Å². The van der Waals surface area contributed by atoms with Gasteiger partial charge in [0.2, 0.25) is 11.7 Å². The summed E-state index contributed by atoms with van der Waals surface area (Å²) in [7, 11) is 1.65. The quantitative estimate of drug-likeness (QED) is 0.158. The van der Waals surface area contributed by atoms with Gasteiger partial charge in [-0.15, -0.1) is 24.0 Å². The monoisotopic (exact) mass is 525 g/mol. The zero-order chi connectivity index (χ0) is 20.3. The van der Waals surface area contributed by atoms with E-state index < -0.39 is 0 Å². The first kappa shape index (κ1) is 24.2. The summed E-state index contributed by atoms with van der Waals surface area (Å²) in [5, 5.41) is 10.9. The van der Waals surface area contributed by atoms with E-state index in [0.29, 0.717) is 17.8 Å². The Kier molecular flexibility index (Phi) is 10.7. The van der Waals surface area contributed by atoms with Crippen LogP contribution in [0.1, 0.15) is 44.9 Å². The first-order chi connectivity index (χ1) is 14.3. The lowest BCUT2D eigenvalue weighted by Gasteiger charge is -2.16. The molecule has 0 amide bonds. The minimum Gasteiger partial charge on any atom is -0.497 e. The van der Waals surface area contributed by atoms with E-state index in [0.717, 1.165) is 68.9 Å². The standard InChI is InChI=1S/C22H31N5O2.HI/c1-3-23-22(25-18-9-6-7-10-18)24-16-8-4-5-11-20-26-21(27-29-20)17-12-14-19(28-2)15-13-17;/h6-7,12-15,18H,3-5,8-11,16H2,1-2H3,(H2,23,24,25);1H. The van der Waals surface area contributed by atoms with Crippen LogP contribution < -0.4 is 15.4 Å². The molecule has 2 N–H and O–H groups in total. The third kappa shape index (κ3) is 7.62. The number of aliphatic imine (C=N–C) groups is 1. The fraction of sp³-hybridized carbons (Fsp3) is 0.500. The van der Waals surface area contributed by atoms with E-state index in [1.165, 1.54) is 0 Å². The molecule has 1 aliphatic carbocycles. The van der Waals surface area contributed by atoms with E-state index >= 15 is 0 Å². The normalized spacial score (nSPS) is 13.9. The number of nitrogens with one attached hydrogen (secondary N) is 2. The smallest absolute Gasteiger partial charge is 0.226 e. The fourth-order valence-electron chi connectivity index (χ4n) is 3.22. The second kappa shape index (κ2) is 13.3. The molecule has 0 bridgehead atoms. The van der Waals surface area contributed by atoms with E-state index in [1.54, 1.807) is 7.11 Å². The van der Waals surface area contributed by atoms with Crippen LogP contribution in [0.2, 0.25) is 0 Å². The van der Waals surface area contributed by atoms with Crippen molar-refractivity contribution in [3.63, 3.8) is 0 Å². The number of ether oxygens (including phenoxy) is 1. The van der Waals surface area contributed by atoms with Crippen molar-refractivity contribution in [1.82, 2.24) is 20.8 Å². The van der Waals surface area contributed by atoms with Gasteiger partial charge in [0.15, 0.2) is 5.96 Å². The number of aryl methyl sites for hydroxylation is 1. The number of hydrogen-bond donors (Lipinski definition) is 2. The molecule has 0 saturated carbocycles. The minimum absolute atomic E-state index is 0. The largest absolute Gasteiger partial charge is 0.497 e. The van der Waals surface area contributed by atoms with Gasteiger partial charge in [-0.2, -0.15) is 4.98 Å². The van der Waals surface area contributed by atoms with E-state index in [2.05, 4.69) is 44.8 Å². The van der Waals surface area contributed by atoms with Gasteiger partial charge >= 0.3 is 0 Å². The van der Waals surface area contributed by atoms with Gasteiger partial charge in [0, 0.05) is 31.1 Å². The molecule has 0 fully saturated rings. The van der Waals surface area contributed by atoms with Crippen LogP contribution in [0.3, 0.4) is 0 Å². The van der Waals surface area contributed by atoms with E-state index in [9.17, 15) is 0 Å². The van der Waals surface area contributed by atoms with Gasteiger partial charge in [0.1, 0.15) is 5.75 Å². The molecule has 7 nitrogen and oxygen atoms in total. The average Bonchev–Trinajstić information content (AvgIpc) is 3.43. The topological polar surface area (TPSA) is 84.6 Å². The van der Waals surface area contributed by atoms with Crippen LogP contribution in [-0.4, -0.2) is 42.3 Å². The molecule has 1 aromatic carbocycles. The molecule has 0 spiro atoms. The SMILES string of the molecule is CCNC(=NCCCCCc1nc(-c2ccc(OC)cc2)no1)NC1CC=CC1.I. The molecule has 0 aliphatic heterocycles. The highest BCUT2D eigenvalue weighted by atomic mass is 127. The Bertz CT molecular complexity index is 796. The van der Waals surface area contributed by atoms with E-state index in [4.69, 9.17) is 9.26 Å². The minimum atomic E-state index is 0. The molecule has 2 aromatic rings. The number of rotatable bonds is 10. The van der Waals surface area contributed by atoms with Crippen LogP contribution >= 0.6 is 24.0 Å². The van der Waals surface area contributed by atoms with Crippen molar-refractivity contribution in [3.05, 3.63) is 42.3 Å². The van der Waals surface area contributed by atoms with E-state index in [1.807, 2.05) is 24.3 Å². The number of hydrogen-bond acceptors (Lipinski definition) is 5. The van der Waals surface area contributed by atoms with Crippen molar-refractivity contribution in [3.8, 4) is 17.1 Å². The summed E-state index contributed by atoms with van der Waals surface area (Å²) in [6.45, 7) is 3.78. The Labute approximate surface area is 195 Å². The Hall–Kier alpha value is -2.10. The molecule has 0 atom stereocenters. The molecule has 1 heterocycles. The molecular formula is C22H32IN5O2. The van der Waals surface area contributed by atoms with Crippen molar-refractivity contribution < 1.29 is 9.26 Å². The Morgan fingerprint density at radius 2 is 1.93 bits per heavy atom. The first-order valence-electron chi connectivity index (χ1n) is 10.5. The zero-order valence-corrected chi connectivity index (χ0v) is 20.1. The van der Waals surface area contributed by atoms with Crippen LogP contribution in [0.5, 0.6) is 5.75 Å². The highest BCUT2D eigenvalue weighted by molar-refractivity contribution is 14.0. The van der Waals surface area contributed by atoms with Crippen LogP contribution in [0, 0.1) is 0 Å². The number of unbranched alkanes of at least 4 members (excludes halogenated alkanes) is 2. The van der Waals surface area contributed by atoms with Crippen molar-refractivity contribution in [2.24, 2.45) is 4.99 Å². The van der Waals surface area contributed by atoms with Gasteiger partial charge in [-0.25, -0.2) is 0 Å². The summed E-state index contributed by atoms with van der Waals surface area (Å²) in [5.41, 5.74) is 0.927. The fourth-order valence-corrected chi connectivity index (χ4v) is 3.22. The second-order valence-corrected chi connectivity index (χ2v) is 7.10. The van der Waals surface area contributed by atoms with Crippen molar-refractivity contribution in [2.75, 3.05) is 20.2 Å². The number of aromatic nitrogens is 2. The Balaban J connectivity index is 0.00000320. The highest BCUT2D eigenvalue weighted by Gasteiger charge is 2.11. The number of benzene rings is 1. The van der Waals surface area contributed by atoms with Crippen LogP contribution in [-0.2, 0) is 6.42 Å². The van der Waals surface area contributed by atoms with Crippen LogP contribution in [0.4, 0.5) is 0 Å². The van der Waals surface area contributed by atoms with Gasteiger partial charge in [-0.05, 0) is 56.9 Å². The van der Waals surface area contributed by atoms with Crippen LogP contribution in [0.15, 0.2) is 45.9 Å². The van der Waals surface area contributed by atoms with Crippen molar-refractivity contribution in [2.45, 2.75) is 51.5 Å². The lowest BCUT2D eigenvalue weighted by Crippen LogP contribution is -2.42. The summed E-state index contributed by atoms with van der Waals surface area (Å²) in [6, 6.07) is 8.13. The number of halogens is 1. The van der Waals surface area contributed by atoms with Crippen molar-refractivity contribution >= 4 is 29.9 Å². The molecule has 0 unspecified atom stereocenters. The molecular weight excluding hydrogens is 493 g/mol. The molecule has 8 heteroatoms. The predicted octanol–water partition coefficient (Wildman–Crippen LogP) is 4.35. The maximum absolute atomic E-state index is 5.38. The number of nitrogens with zero attached hydrogens (tertiary/aromatic N) is 3. The van der Waals surface area contributed by atoms with Gasteiger partial charge in [-0.3, -0.25) is 4.99 Å². The van der Waals surface area contributed by atoms with Gasteiger partial charge in [-0.1, -0.05) is 23.7 Å². The highest BCUT2D eigenvalue weighted by Crippen LogP contribution is 2.20. The molecule has 1 aliphatic rings. The second-order valence-electron chi connectivity index (χ2n) is 7.10. The summed E-state index contributed by atoms with van der Waals surface area (Å²) >= 11 is 0. The average molecular weight is 525 g/mol. The summed E-state index contributed by atoms with van der Waals surface area (Å²) in [5.74, 6) is 3.04. The molecule has 0 radical (unpaired) electrons.